The number of carboxylic acid groups (broad SMARTS) is 1. The molecule has 1 aliphatic carbocycles. The molecule has 1 fully saturated rings. The molecule has 2 rings (SSSR count). The summed E-state index contributed by atoms with van der Waals surface area (Å²) in [5, 5.41) is 8.80. The number of rotatable bonds is 7. The second-order valence-electron chi connectivity index (χ2n) is 5.78. The maximum absolute atomic E-state index is 13.8. The SMILES string of the molecule is C/C(=C\C(=O)N(CCC(=O)O)Cc1cccc(F)c1F)C1CC1. The van der Waals surface area contributed by atoms with Crippen molar-refractivity contribution in [3.8, 4) is 0 Å². The van der Waals surface area contributed by atoms with Gasteiger partial charge in [0.2, 0.25) is 5.91 Å². The molecule has 0 spiro atoms. The third kappa shape index (κ3) is 4.87. The number of amides is 1. The average Bonchev–Trinajstić information content (AvgIpc) is 3.32. The van der Waals surface area contributed by atoms with Gasteiger partial charge in [0.1, 0.15) is 0 Å². The van der Waals surface area contributed by atoms with Gasteiger partial charge < -0.3 is 10.0 Å². The van der Waals surface area contributed by atoms with Gasteiger partial charge in [-0.25, -0.2) is 8.78 Å². The highest BCUT2D eigenvalue weighted by Gasteiger charge is 2.25. The third-order valence-corrected chi connectivity index (χ3v) is 3.87. The minimum absolute atomic E-state index is 0.0289. The van der Waals surface area contributed by atoms with E-state index in [1.54, 1.807) is 0 Å². The summed E-state index contributed by atoms with van der Waals surface area (Å²) in [6, 6.07) is 3.75. The summed E-state index contributed by atoms with van der Waals surface area (Å²) >= 11 is 0. The van der Waals surface area contributed by atoms with Gasteiger partial charge >= 0.3 is 5.97 Å². The van der Waals surface area contributed by atoms with E-state index in [-0.39, 0.29) is 31.0 Å². The number of carbonyl (C=O) groups excluding carboxylic acids is 1. The molecule has 1 saturated carbocycles. The summed E-state index contributed by atoms with van der Waals surface area (Å²) in [6.45, 7) is 1.64. The van der Waals surface area contributed by atoms with Gasteiger partial charge in [0, 0.05) is 24.7 Å². The first-order chi connectivity index (χ1) is 10.9. The molecule has 0 heterocycles. The summed E-state index contributed by atoms with van der Waals surface area (Å²) in [6.07, 6.45) is 3.31. The van der Waals surface area contributed by atoms with Crippen LogP contribution in [0.5, 0.6) is 0 Å². The number of carboxylic acids is 1. The Balaban J connectivity index is 2.15. The van der Waals surface area contributed by atoms with Crippen LogP contribution in [0, 0.1) is 17.6 Å². The van der Waals surface area contributed by atoms with E-state index in [4.69, 9.17) is 5.11 Å². The maximum atomic E-state index is 13.8. The first-order valence-corrected chi connectivity index (χ1v) is 7.50. The van der Waals surface area contributed by atoms with Crippen molar-refractivity contribution in [1.82, 2.24) is 4.90 Å². The van der Waals surface area contributed by atoms with Gasteiger partial charge in [-0.05, 0) is 31.7 Å². The molecular weight excluding hydrogens is 304 g/mol. The third-order valence-electron chi connectivity index (χ3n) is 3.87. The van der Waals surface area contributed by atoms with Crippen LogP contribution in [0.2, 0.25) is 0 Å². The van der Waals surface area contributed by atoms with Crippen molar-refractivity contribution in [3.63, 3.8) is 0 Å². The van der Waals surface area contributed by atoms with Crippen LogP contribution in [-0.2, 0) is 16.1 Å². The van der Waals surface area contributed by atoms with E-state index in [1.165, 1.54) is 23.1 Å². The highest BCUT2D eigenvalue weighted by Crippen LogP contribution is 2.36. The lowest BCUT2D eigenvalue weighted by Gasteiger charge is -2.21. The number of hydrogen-bond donors (Lipinski definition) is 1. The largest absolute Gasteiger partial charge is 0.481 e. The lowest BCUT2D eigenvalue weighted by Crippen LogP contribution is -2.32. The van der Waals surface area contributed by atoms with Crippen LogP contribution >= 0.6 is 0 Å². The molecule has 0 unspecified atom stereocenters. The average molecular weight is 323 g/mol. The summed E-state index contributed by atoms with van der Waals surface area (Å²) in [5.41, 5.74) is 0.969. The molecular formula is C17H19F2NO3. The van der Waals surface area contributed by atoms with Crippen LogP contribution in [0.15, 0.2) is 29.8 Å². The molecule has 1 N–H and O–H groups in total. The number of carbonyl (C=O) groups is 2. The normalized spacial score (nSPS) is 14.7. The van der Waals surface area contributed by atoms with Gasteiger partial charge in [0.05, 0.1) is 6.42 Å². The Labute approximate surface area is 133 Å². The zero-order valence-corrected chi connectivity index (χ0v) is 12.9. The molecule has 0 saturated heterocycles. The Bertz CT molecular complexity index is 639. The number of allylic oxidation sites excluding steroid dienone is 1. The fourth-order valence-electron chi connectivity index (χ4n) is 2.32. The van der Waals surface area contributed by atoms with Crippen molar-refractivity contribution in [2.75, 3.05) is 6.54 Å². The molecule has 0 aliphatic heterocycles. The molecule has 4 nitrogen and oxygen atoms in total. The van der Waals surface area contributed by atoms with E-state index in [9.17, 15) is 18.4 Å². The molecule has 0 aromatic heterocycles. The second-order valence-corrected chi connectivity index (χ2v) is 5.78. The number of aliphatic carboxylic acids is 1. The van der Waals surface area contributed by atoms with Crippen molar-refractivity contribution < 1.29 is 23.5 Å². The van der Waals surface area contributed by atoms with E-state index in [2.05, 4.69) is 0 Å². The van der Waals surface area contributed by atoms with Gasteiger partial charge in [0.25, 0.3) is 0 Å². The molecule has 1 amide bonds. The Hall–Kier alpha value is -2.24. The van der Waals surface area contributed by atoms with Gasteiger partial charge in [0.15, 0.2) is 11.6 Å². The minimum atomic E-state index is -1.05. The number of benzene rings is 1. The Morgan fingerprint density at radius 2 is 2.04 bits per heavy atom. The first-order valence-electron chi connectivity index (χ1n) is 7.50. The highest BCUT2D eigenvalue weighted by atomic mass is 19.2. The Kier molecular flexibility index (Phi) is 5.47. The molecule has 0 radical (unpaired) electrons. The smallest absolute Gasteiger partial charge is 0.305 e. The Morgan fingerprint density at radius 1 is 1.35 bits per heavy atom. The van der Waals surface area contributed by atoms with Gasteiger partial charge in [-0.1, -0.05) is 17.7 Å². The van der Waals surface area contributed by atoms with E-state index in [1.807, 2.05) is 6.92 Å². The van der Waals surface area contributed by atoms with Crippen molar-refractivity contribution in [1.29, 1.82) is 0 Å². The molecule has 23 heavy (non-hydrogen) atoms. The van der Waals surface area contributed by atoms with Gasteiger partial charge in [-0.15, -0.1) is 0 Å². The fraction of sp³-hybridized carbons (Fsp3) is 0.412. The molecule has 1 aromatic carbocycles. The van der Waals surface area contributed by atoms with Crippen molar-refractivity contribution >= 4 is 11.9 Å². The minimum Gasteiger partial charge on any atom is -0.481 e. The van der Waals surface area contributed by atoms with E-state index in [0.29, 0.717) is 5.92 Å². The van der Waals surface area contributed by atoms with Crippen LogP contribution in [0.25, 0.3) is 0 Å². The van der Waals surface area contributed by atoms with Crippen LogP contribution in [-0.4, -0.2) is 28.4 Å². The highest BCUT2D eigenvalue weighted by molar-refractivity contribution is 5.88. The van der Waals surface area contributed by atoms with Crippen LogP contribution in [0.1, 0.15) is 31.7 Å². The molecule has 1 aromatic rings. The van der Waals surface area contributed by atoms with Gasteiger partial charge in [-0.3, -0.25) is 9.59 Å². The first kappa shape index (κ1) is 17.1. The quantitative estimate of drug-likeness (QED) is 0.784. The van der Waals surface area contributed by atoms with Crippen molar-refractivity contribution in [2.24, 2.45) is 5.92 Å². The molecule has 0 bridgehead atoms. The second kappa shape index (κ2) is 7.35. The number of nitrogens with zero attached hydrogens (tertiary/aromatic N) is 1. The standard InChI is InChI=1S/C17H19F2NO3/c1-11(12-5-6-12)9-15(21)20(8-7-16(22)23)10-13-3-2-4-14(18)17(13)19/h2-4,9,12H,5-8,10H2,1H3,(H,22,23)/b11-9+. The lowest BCUT2D eigenvalue weighted by atomic mass is 10.1. The van der Waals surface area contributed by atoms with Gasteiger partial charge in [-0.2, -0.15) is 0 Å². The zero-order valence-electron chi connectivity index (χ0n) is 12.9. The summed E-state index contributed by atoms with van der Waals surface area (Å²) in [7, 11) is 0. The lowest BCUT2D eigenvalue weighted by molar-refractivity contribution is -0.138. The van der Waals surface area contributed by atoms with E-state index >= 15 is 0 Å². The predicted molar refractivity (Wildman–Crippen MR) is 80.5 cm³/mol. The van der Waals surface area contributed by atoms with Crippen LogP contribution < -0.4 is 0 Å². The molecule has 0 atom stereocenters. The van der Waals surface area contributed by atoms with Crippen molar-refractivity contribution in [2.45, 2.75) is 32.7 Å². The maximum Gasteiger partial charge on any atom is 0.305 e. The van der Waals surface area contributed by atoms with E-state index < -0.39 is 17.6 Å². The Morgan fingerprint density at radius 3 is 2.65 bits per heavy atom. The summed E-state index contributed by atoms with van der Waals surface area (Å²) < 4.78 is 27.1. The molecule has 1 aliphatic rings. The fourth-order valence-corrected chi connectivity index (χ4v) is 2.32. The number of halogens is 2. The predicted octanol–water partition coefficient (Wildman–Crippen LogP) is 3.12. The zero-order chi connectivity index (χ0) is 17.0. The summed E-state index contributed by atoms with van der Waals surface area (Å²) in [4.78, 5) is 24.3. The topological polar surface area (TPSA) is 57.6 Å². The number of hydrogen-bond acceptors (Lipinski definition) is 2. The molecule has 6 heteroatoms. The van der Waals surface area contributed by atoms with Crippen LogP contribution in [0.3, 0.4) is 0 Å². The van der Waals surface area contributed by atoms with Crippen LogP contribution in [0.4, 0.5) is 8.78 Å². The monoisotopic (exact) mass is 323 g/mol. The molecule has 124 valence electrons. The van der Waals surface area contributed by atoms with Crippen molar-refractivity contribution in [3.05, 3.63) is 47.0 Å². The summed E-state index contributed by atoms with van der Waals surface area (Å²) in [5.74, 6) is -3.02. The van der Waals surface area contributed by atoms with E-state index in [0.717, 1.165) is 24.5 Å².